The highest BCUT2D eigenvalue weighted by Gasteiger charge is 2.24. The molecule has 1 heterocycles. The zero-order valence-electron chi connectivity index (χ0n) is 7.39. The van der Waals surface area contributed by atoms with Crippen LogP contribution in [0.15, 0.2) is 5.38 Å². The van der Waals surface area contributed by atoms with E-state index in [1.54, 1.807) is 12.3 Å². The number of carbonyl (C=O) groups is 1. The fraction of sp³-hybridized carbons (Fsp3) is 0.500. The average molecular weight is 201 g/mol. The highest BCUT2D eigenvalue weighted by atomic mass is 32.1. The summed E-state index contributed by atoms with van der Waals surface area (Å²) in [7, 11) is 0. The molecular weight excluding hydrogens is 190 g/mol. The van der Waals surface area contributed by atoms with Gasteiger partial charge in [-0.25, -0.2) is 4.98 Å². The molecule has 0 saturated carbocycles. The highest BCUT2D eigenvalue weighted by Crippen LogP contribution is 2.24. The number of carboxylic acids is 1. The van der Waals surface area contributed by atoms with E-state index in [-0.39, 0.29) is 0 Å². The van der Waals surface area contributed by atoms with Gasteiger partial charge in [-0.2, -0.15) is 0 Å². The molecule has 0 aromatic carbocycles. The topological polar surface area (TPSA) is 70.4 Å². The summed E-state index contributed by atoms with van der Waals surface area (Å²) in [5.41, 5.74) is 0.802. The molecule has 1 aromatic heterocycles. The molecule has 0 aliphatic rings. The van der Waals surface area contributed by atoms with Crippen molar-refractivity contribution in [1.29, 1.82) is 0 Å². The quantitative estimate of drug-likeness (QED) is 0.771. The second-order valence-electron chi connectivity index (χ2n) is 2.90. The van der Waals surface area contributed by atoms with Crippen molar-refractivity contribution < 1.29 is 15.0 Å². The van der Waals surface area contributed by atoms with Crippen LogP contribution < -0.4 is 0 Å². The first-order valence-electron chi connectivity index (χ1n) is 3.85. The zero-order valence-corrected chi connectivity index (χ0v) is 8.21. The lowest BCUT2D eigenvalue weighted by atomic mass is 10.1. The molecule has 4 nitrogen and oxygen atoms in total. The van der Waals surface area contributed by atoms with Crippen molar-refractivity contribution in [3.05, 3.63) is 16.1 Å². The first kappa shape index (κ1) is 10.1. The molecule has 1 aromatic rings. The van der Waals surface area contributed by atoms with E-state index in [0.29, 0.717) is 5.01 Å². The van der Waals surface area contributed by atoms with E-state index in [4.69, 9.17) is 5.11 Å². The Kier molecular flexibility index (Phi) is 3.00. The van der Waals surface area contributed by atoms with Crippen molar-refractivity contribution in [2.24, 2.45) is 5.92 Å². The smallest absolute Gasteiger partial charge is 0.309 e. The summed E-state index contributed by atoms with van der Waals surface area (Å²) < 4.78 is 0. The predicted octanol–water partition coefficient (Wildman–Crippen LogP) is 1.21. The molecule has 0 bridgehead atoms. The number of rotatable bonds is 3. The molecule has 72 valence electrons. The van der Waals surface area contributed by atoms with Crippen molar-refractivity contribution >= 4 is 17.3 Å². The lowest BCUT2D eigenvalue weighted by Crippen LogP contribution is -2.18. The molecule has 0 saturated heterocycles. The lowest BCUT2D eigenvalue weighted by Gasteiger charge is -2.11. The Hall–Kier alpha value is -0.940. The molecule has 0 aliphatic heterocycles. The van der Waals surface area contributed by atoms with Crippen LogP contribution >= 0.6 is 11.3 Å². The minimum Gasteiger partial charge on any atom is -0.481 e. The van der Waals surface area contributed by atoms with Crippen LogP contribution in [0.5, 0.6) is 0 Å². The van der Waals surface area contributed by atoms with Crippen molar-refractivity contribution in [2.75, 3.05) is 0 Å². The Morgan fingerprint density at radius 1 is 1.69 bits per heavy atom. The Balaban J connectivity index is 2.78. The van der Waals surface area contributed by atoms with Crippen molar-refractivity contribution in [2.45, 2.75) is 20.0 Å². The van der Waals surface area contributed by atoms with Crippen LogP contribution in [-0.2, 0) is 4.79 Å². The Bertz CT molecular complexity index is 310. The van der Waals surface area contributed by atoms with Gasteiger partial charge in [0.2, 0.25) is 0 Å². The molecule has 2 atom stereocenters. The van der Waals surface area contributed by atoms with Gasteiger partial charge in [-0.3, -0.25) is 4.79 Å². The molecule has 0 amide bonds. The molecule has 0 fully saturated rings. The number of nitrogens with zero attached hydrogens (tertiary/aromatic N) is 1. The molecular formula is C8H11NO3S. The second kappa shape index (κ2) is 3.85. The number of aliphatic hydroxyl groups is 1. The Morgan fingerprint density at radius 3 is 2.69 bits per heavy atom. The number of carboxylic acid groups (broad SMARTS) is 1. The van der Waals surface area contributed by atoms with Gasteiger partial charge < -0.3 is 10.2 Å². The minimum atomic E-state index is -1.01. The minimum absolute atomic E-state index is 0.465. The number of aliphatic hydroxyl groups excluding tert-OH is 1. The summed E-state index contributed by atoms with van der Waals surface area (Å²) in [5, 5.41) is 20.4. The fourth-order valence-electron chi connectivity index (χ4n) is 0.857. The highest BCUT2D eigenvalue weighted by molar-refractivity contribution is 7.09. The summed E-state index contributed by atoms with van der Waals surface area (Å²) in [4.78, 5) is 14.6. The van der Waals surface area contributed by atoms with Crippen LogP contribution in [0.2, 0.25) is 0 Å². The van der Waals surface area contributed by atoms with Gasteiger partial charge in [0.05, 0.1) is 5.92 Å². The molecule has 1 rings (SSSR count). The molecule has 5 heteroatoms. The third-order valence-corrected chi connectivity index (χ3v) is 2.79. The molecule has 13 heavy (non-hydrogen) atoms. The van der Waals surface area contributed by atoms with Crippen LogP contribution in [0.1, 0.15) is 23.7 Å². The standard InChI is InChI=1S/C8H11NO3S/c1-4-3-13-7(9-4)6(10)5(2)8(11)12/h3,5-6,10H,1-2H3,(H,11,12). The monoisotopic (exact) mass is 201 g/mol. The first-order chi connectivity index (χ1) is 6.02. The van der Waals surface area contributed by atoms with Crippen LogP contribution in [0.3, 0.4) is 0 Å². The van der Waals surface area contributed by atoms with Gasteiger partial charge in [-0.15, -0.1) is 11.3 Å². The maximum Gasteiger partial charge on any atom is 0.309 e. The number of hydrogen-bond donors (Lipinski definition) is 2. The molecule has 0 radical (unpaired) electrons. The molecule has 2 N–H and O–H groups in total. The number of aryl methyl sites for hydroxylation is 1. The van der Waals surface area contributed by atoms with E-state index in [1.807, 2.05) is 0 Å². The Labute approximate surface area is 79.9 Å². The van der Waals surface area contributed by atoms with Crippen molar-refractivity contribution in [1.82, 2.24) is 4.98 Å². The summed E-state index contributed by atoms with van der Waals surface area (Å²) >= 11 is 1.28. The summed E-state index contributed by atoms with van der Waals surface area (Å²) in [6.07, 6.45) is -1.00. The molecule has 2 unspecified atom stereocenters. The van der Waals surface area contributed by atoms with Gasteiger partial charge in [0, 0.05) is 11.1 Å². The predicted molar refractivity (Wildman–Crippen MR) is 48.6 cm³/mol. The second-order valence-corrected chi connectivity index (χ2v) is 3.79. The maximum absolute atomic E-state index is 10.5. The molecule has 0 aliphatic carbocycles. The zero-order chi connectivity index (χ0) is 10.0. The average Bonchev–Trinajstić information content (AvgIpc) is 2.49. The Morgan fingerprint density at radius 2 is 2.31 bits per heavy atom. The van der Waals surface area contributed by atoms with Crippen molar-refractivity contribution in [3.63, 3.8) is 0 Å². The third-order valence-electron chi connectivity index (χ3n) is 1.75. The van der Waals surface area contributed by atoms with Crippen LogP contribution in [0, 0.1) is 12.8 Å². The van der Waals surface area contributed by atoms with Crippen molar-refractivity contribution in [3.8, 4) is 0 Å². The van der Waals surface area contributed by atoms with Gasteiger partial charge in [0.15, 0.2) is 0 Å². The summed E-state index contributed by atoms with van der Waals surface area (Å²) in [5.74, 6) is -1.83. The molecule has 0 spiro atoms. The van der Waals surface area contributed by atoms with E-state index in [0.717, 1.165) is 5.69 Å². The lowest BCUT2D eigenvalue weighted by molar-refractivity contribution is -0.145. The van der Waals surface area contributed by atoms with Gasteiger partial charge in [0.25, 0.3) is 0 Å². The van der Waals surface area contributed by atoms with Gasteiger partial charge in [-0.05, 0) is 13.8 Å². The van der Waals surface area contributed by atoms with Gasteiger partial charge >= 0.3 is 5.97 Å². The summed E-state index contributed by atoms with van der Waals surface area (Å²) in [6.45, 7) is 3.27. The van der Waals surface area contributed by atoms with Crippen LogP contribution in [0.4, 0.5) is 0 Å². The first-order valence-corrected chi connectivity index (χ1v) is 4.73. The summed E-state index contributed by atoms with van der Waals surface area (Å²) in [6, 6.07) is 0. The third kappa shape index (κ3) is 2.26. The van der Waals surface area contributed by atoms with Crippen LogP contribution in [0.25, 0.3) is 0 Å². The maximum atomic E-state index is 10.5. The number of thiazole rings is 1. The fourth-order valence-corrected chi connectivity index (χ4v) is 1.74. The van der Waals surface area contributed by atoms with E-state index in [1.165, 1.54) is 18.3 Å². The van der Waals surface area contributed by atoms with Crippen LogP contribution in [-0.4, -0.2) is 21.2 Å². The number of aliphatic carboxylic acids is 1. The van der Waals surface area contributed by atoms with Gasteiger partial charge in [-0.1, -0.05) is 0 Å². The SMILES string of the molecule is Cc1csc(C(O)C(C)C(=O)O)n1. The van der Waals surface area contributed by atoms with E-state index >= 15 is 0 Å². The van der Waals surface area contributed by atoms with E-state index < -0.39 is 18.0 Å². The number of aromatic nitrogens is 1. The van der Waals surface area contributed by atoms with E-state index in [9.17, 15) is 9.90 Å². The largest absolute Gasteiger partial charge is 0.481 e. The van der Waals surface area contributed by atoms with Gasteiger partial charge in [0.1, 0.15) is 11.1 Å². The number of hydrogen-bond acceptors (Lipinski definition) is 4. The normalized spacial score (nSPS) is 15.3. The van der Waals surface area contributed by atoms with E-state index in [2.05, 4.69) is 4.98 Å².